The summed E-state index contributed by atoms with van der Waals surface area (Å²) in [6.07, 6.45) is 3.36. The number of carbonyl (C=O) groups excluding carboxylic acids is 1. The molecule has 1 aromatic carbocycles. The minimum Gasteiger partial charge on any atom is -0.465 e. The Bertz CT molecular complexity index is 952. The van der Waals surface area contributed by atoms with Gasteiger partial charge in [0.1, 0.15) is 17.5 Å². The van der Waals surface area contributed by atoms with Gasteiger partial charge in [0.05, 0.1) is 12.7 Å². The van der Waals surface area contributed by atoms with Crippen molar-refractivity contribution in [3.63, 3.8) is 0 Å². The average molecular weight is 416 g/mol. The Hall–Kier alpha value is -2.84. The molecule has 0 amide bonds. The largest absolute Gasteiger partial charge is 0.465 e. The number of benzene rings is 1. The Morgan fingerprint density at radius 2 is 1.86 bits per heavy atom. The molecule has 2 N–H and O–H groups in total. The van der Waals surface area contributed by atoms with E-state index >= 15 is 0 Å². The highest BCUT2D eigenvalue weighted by atomic mass is 35.5. The van der Waals surface area contributed by atoms with Crippen molar-refractivity contribution in [2.45, 2.75) is 11.7 Å². The minimum atomic E-state index is -0.431. The zero-order valence-corrected chi connectivity index (χ0v) is 16.8. The zero-order chi connectivity index (χ0) is 19.9. The van der Waals surface area contributed by atoms with Crippen LogP contribution in [0.2, 0.25) is 5.02 Å². The van der Waals surface area contributed by atoms with Gasteiger partial charge in [-0.25, -0.2) is 19.7 Å². The van der Waals surface area contributed by atoms with Gasteiger partial charge < -0.3 is 15.4 Å². The predicted octanol–water partition coefficient (Wildman–Crippen LogP) is 4.39. The number of hydrogen-bond acceptors (Lipinski definition) is 8. The summed E-state index contributed by atoms with van der Waals surface area (Å²) in [6.45, 7) is 0.605. The van der Waals surface area contributed by atoms with Gasteiger partial charge in [-0.1, -0.05) is 35.5 Å². The number of esters is 1. The number of ether oxygens (including phenoxy) is 1. The maximum atomic E-state index is 11.5. The zero-order valence-electron chi connectivity index (χ0n) is 15.3. The Labute approximate surface area is 171 Å². The van der Waals surface area contributed by atoms with Gasteiger partial charge in [0.25, 0.3) is 0 Å². The first-order chi connectivity index (χ1) is 13.6. The van der Waals surface area contributed by atoms with E-state index in [4.69, 9.17) is 11.6 Å². The molecule has 0 radical (unpaired) electrons. The van der Waals surface area contributed by atoms with Crippen molar-refractivity contribution in [1.82, 2.24) is 15.0 Å². The summed E-state index contributed by atoms with van der Waals surface area (Å²) in [5.41, 5.74) is 1.47. The van der Waals surface area contributed by atoms with Gasteiger partial charge >= 0.3 is 5.97 Å². The van der Waals surface area contributed by atoms with Crippen molar-refractivity contribution in [3.8, 4) is 0 Å². The number of aromatic nitrogens is 3. The highest BCUT2D eigenvalue weighted by molar-refractivity contribution is 7.98. The van der Waals surface area contributed by atoms with Crippen molar-refractivity contribution < 1.29 is 9.53 Å². The summed E-state index contributed by atoms with van der Waals surface area (Å²) in [4.78, 5) is 24.6. The van der Waals surface area contributed by atoms with Gasteiger partial charge in [-0.3, -0.25) is 0 Å². The van der Waals surface area contributed by atoms with E-state index in [-0.39, 0.29) is 0 Å². The summed E-state index contributed by atoms with van der Waals surface area (Å²) < 4.78 is 4.67. The fourth-order valence-electron chi connectivity index (χ4n) is 2.30. The van der Waals surface area contributed by atoms with Crippen molar-refractivity contribution in [3.05, 3.63) is 64.8 Å². The molecule has 0 aliphatic heterocycles. The molecule has 0 saturated heterocycles. The molecule has 0 fully saturated rings. The van der Waals surface area contributed by atoms with Crippen molar-refractivity contribution in [2.24, 2.45) is 0 Å². The Balaban J connectivity index is 1.73. The van der Waals surface area contributed by atoms with Crippen LogP contribution in [-0.4, -0.2) is 34.3 Å². The topological polar surface area (TPSA) is 89.0 Å². The van der Waals surface area contributed by atoms with Crippen LogP contribution in [0.5, 0.6) is 0 Å². The third-order valence-corrected chi connectivity index (χ3v) is 4.52. The number of nitrogens with zero attached hydrogens (tertiary/aromatic N) is 3. The first-order valence-electron chi connectivity index (χ1n) is 8.30. The number of hydrogen-bond donors (Lipinski definition) is 2. The molecule has 3 rings (SSSR count). The number of rotatable bonds is 7. The second kappa shape index (κ2) is 9.38. The van der Waals surface area contributed by atoms with E-state index in [9.17, 15) is 4.79 Å². The standard InChI is InChI=1S/C19H18ClN5O2S/c1-27-18(26)13-5-8-15(22-11-13)23-17-9-16(24-19(25-17)28-2)21-10-12-3-6-14(20)7-4-12/h3-9,11H,10H2,1-2H3,(H2,21,22,23,24,25). The van der Waals surface area contributed by atoms with Crippen LogP contribution in [0.3, 0.4) is 0 Å². The maximum absolute atomic E-state index is 11.5. The lowest BCUT2D eigenvalue weighted by molar-refractivity contribution is 0.0600. The van der Waals surface area contributed by atoms with Crippen LogP contribution in [0.1, 0.15) is 15.9 Å². The number of pyridine rings is 1. The molecule has 0 aliphatic carbocycles. The molecular formula is C19H18ClN5O2S. The third kappa shape index (κ3) is 5.34. The fraction of sp³-hybridized carbons (Fsp3) is 0.158. The molecule has 7 nitrogen and oxygen atoms in total. The first-order valence-corrected chi connectivity index (χ1v) is 9.90. The highest BCUT2D eigenvalue weighted by Gasteiger charge is 2.08. The lowest BCUT2D eigenvalue weighted by atomic mass is 10.2. The molecule has 0 saturated carbocycles. The molecule has 28 heavy (non-hydrogen) atoms. The van der Waals surface area contributed by atoms with E-state index in [2.05, 4.69) is 30.3 Å². The molecule has 0 bridgehead atoms. The minimum absolute atomic E-state index is 0.380. The molecule has 0 aliphatic rings. The number of methoxy groups -OCH3 is 1. The van der Waals surface area contributed by atoms with Crippen LogP contribution in [0, 0.1) is 0 Å². The highest BCUT2D eigenvalue weighted by Crippen LogP contribution is 2.21. The second-order valence-electron chi connectivity index (χ2n) is 5.65. The van der Waals surface area contributed by atoms with E-state index in [0.29, 0.717) is 39.7 Å². The van der Waals surface area contributed by atoms with Crippen LogP contribution in [0.15, 0.2) is 53.8 Å². The van der Waals surface area contributed by atoms with E-state index in [0.717, 1.165) is 5.56 Å². The first kappa shape index (κ1) is 19.9. The Morgan fingerprint density at radius 3 is 2.50 bits per heavy atom. The lowest BCUT2D eigenvalue weighted by Crippen LogP contribution is -2.06. The van der Waals surface area contributed by atoms with Crippen molar-refractivity contribution >= 4 is 46.8 Å². The van der Waals surface area contributed by atoms with Crippen LogP contribution >= 0.6 is 23.4 Å². The van der Waals surface area contributed by atoms with Crippen molar-refractivity contribution in [1.29, 1.82) is 0 Å². The van der Waals surface area contributed by atoms with E-state index in [1.807, 2.05) is 30.5 Å². The normalized spacial score (nSPS) is 10.4. The number of halogens is 1. The third-order valence-electron chi connectivity index (χ3n) is 3.72. The molecular weight excluding hydrogens is 398 g/mol. The molecule has 3 aromatic rings. The van der Waals surface area contributed by atoms with E-state index in [1.54, 1.807) is 18.2 Å². The van der Waals surface area contributed by atoms with Gasteiger partial charge in [0.2, 0.25) is 0 Å². The van der Waals surface area contributed by atoms with Gasteiger partial charge in [0, 0.05) is 23.8 Å². The Morgan fingerprint density at radius 1 is 1.11 bits per heavy atom. The van der Waals surface area contributed by atoms with Crippen LogP contribution in [-0.2, 0) is 11.3 Å². The molecule has 0 spiro atoms. The predicted molar refractivity (Wildman–Crippen MR) is 111 cm³/mol. The number of thioether (sulfide) groups is 1. The Kier molecular flexibility index (Phi) is 6.67. The van der Waals surface area contributed by atoms with Crippen LogP contribution in [0.25, 0.3) is 0 Å². The molecule has 2 heterocycles. The van der Waals surface area contributed by atoms with Gasteiger partial charge in [-0.05, 0) is 36.1 Å². The molecule has 9 heteroatoms. The van der Waals surface area contributed by atoms with Crippen LogP contribution < -0.4 is 10.6 Å². The van der Waals surface area contributed by atoms with E-state index < -0.39 is 5.97 Å². The van der Waals surface area contributed by atoms with Crippen LogP contribution in [0.4, 0.5) is 17.5 Å². The summed E-state index contributed by atoms with van der Waals surface area (Å²) in [5.74, 6) is 1.40. The number of anilines is 3. The number of nitrogens with one attached hydrogen (secondary N) is 2. The summed E-state index contributed by atoms with van der Waals surface area (Å²) in [6, 6.07) is 12.7. The monoisotopic (exact) mass is 415 g/mol. The molecule has 144 valence electrons. The van der Waals surface area contributed by atoms with E-state index in [1.165, 1.54) is 25.1 Å². The lowest BCUT2D eigenvalue weighted by Gasteiger charge is -2.11. The molecule has 2 aromatic heterocycles. The average Bonchev–Trinajstić information content (AvgIpc) is 2.73. The quantitative estimate of drug-likeness (QED) is 0.333. The summed E-state index contributed by atoms with van der Waals surface area (Å²) in [5, 5.41) is 7.73. The SMILES string of the molecule is COC(=O)c1ccc(Nc2cc(NCc3ccc(Cl)cc3)nc(SC)n2)nc1. The second-order valence-corrected chi connectivity index (χ2v) is 6.86. The smallest absolute Gasteiger partial charge is 0.339 e. The molecule has 0 unspecified atom stereocenters. The summed E-state index contributed by atoms with van der Waals surface area (Å²) in [7, 11) is 1.33. The maximum Gasteiger partial charge on any atom is 0.339 e. The van der Waals surface area contributed by atoms with Gasteiger partial charge in [-0.15, -0.1) is 0 Å². The van der Waals surface area contributed by atoms with Gasteiger partial charge in [0.15, 0.2) is 5.16 Å². The number of carbonyl (C=O) groups is 1. The van der Waals surface area contributed by atoms with Gasteiger partial charge in [-0.2, -0.15) is 0 Å². The summed E-state index contributed by atoms with van der Waals surface area (Å²) >= 11 is 7.36. The molecule has 0 atom stereocenters. The van der Waals surface area contributed by atoms with Crippen molar-refractivity contribution in [2.75, 3.05) is 24.0 Å². The fourth-order valence-corrected chi connectivity index (χ4v) is 2.81.